The predicted molar refractivity (Wildman–Crippen MR) is 54.5 cm³/mol. The lowest BCUT2D eigenvalue weighted by Gasteiger charge is -2.40. The van der Waals surface area contributed by atoms with Gasteiger partial charge in [0.25, 0.3) is 0 Å². The van der Waals surface area contributed by atoms with E-state index >= 15 is 0 Å². The van der Waals surface area contributed by atoms with Gasteiger partial charge in [-0.15, -0.1) is 12.4 Å². The predicted octanol–water partition coefficient (Wildman–Crippen LogP) is 2.58. The summed E-state index contributed by atoms with van der Waals surface area (Å²) < 4.78 is 0. The van der Waals surface area contributed by atoms with Gasteiger partial charge in [-0.2, -0.15) is 0 Å². The molecule has 0 aromatic heterocycles. The van der Waals surface area contributed by atoms with Gasteiger partial charge in [0.2, 0.25) is 0 Å². The standard InChI is InChI=1S/C10H19N.ClH/c1-7-2-8-4-9(3-7)6-10(11)5-8;/h7-10H,2-6,11H2,1H3;1H/t7?,8-,9-,10?;/m0./s1. The summed E-state index contributed by atoms with van der Waals surface area (Å²) in [7, 11) is 0. The number of hydrogen-bond donors (Lipinski definition) is 1. The lowest BCUT2D eigenvalue weighted by molar-refractivity contribution is 0.131. The monoisotopic (exact) mass is 189 g/mol. The fourth-order valence-corrected chi connectivity index (χ4v) is 3.24. The number of halogens is 1. The zero-order valence-electron chi connectivity index (χ0n) is 7.83. The van der Waals surface area contributed by atoms with E-state index in [0.717, 1.165) is 17.8 Å². The van der Waals surface area contributed by atoms with E-state index in [4.69, 9.17) is 5.73 Å². The van der Waals surface area contributed by atoms with Gasteiger partial charge in [0.05, 0.1) is 0 Å². The fraction of sp³-hybridized carbons (Fsp3) is 1.00. The number of hydrogen-bond acceptors (Lipinski definition) is 1. The van der Waals surface area contributed by atoms with Crippen LogP contribution >= 0.6 is 12.4 Å². The van der Waals surface area contributed by atoms with E-state index in [1.807, 2.05) is 0 Å². The normalized spacial score (nSPS) is 46.5. The molecule has 2 bridgehead atoms. The minimum absolute atomic E-state index is 0. The highest BCUT2D eigenvalue weighted by atomic mass is 35.5. The van der Waals surface area contributed by atoms with Crippen molar-refractivity contribution >= 4 is 12.4 Å². The summed E-state index contributed by atoms with van der Waals surface area (Å²) in [5, 5.41) is 0. The Morgan fingerprint density at radius 2 is 1.42 bits per heavy atom. The van der Waals surface area contributed by atoms with Crippen molar-refractivity contribution in [2.75, 3.05) is 0 Å². The van der Waals surface area contributed by atoms with Gasteiger partial charge < -0.3 is 5.73 Å². The maximum Gasteiger partial charge on any atom is 0.00441 e. The molecular weight excluding hydrogens is 170 g/mol. The van der Waals surface area contributed by atoms with Crippen LogP contribution in [0, 0.1) is 17.8 Å². The van der Waals surface area contributed by atoms with E-state index in [0.29, 0.717) is 6.04 Å². The highest BCUT2D eigenvalue weighted by Crippen LogP contribution is 2.41. The molecule has 2 N–H and O–H groups in total. The van der Waals surface area contributed by atoms with Gasteiger partial charge in [-0.05, 0) is 49.9 Å². The molecule has 0 heterocycles. The lowest BCUT2D eigenvalue weighted by atomic mass is 9.67. The van der Waals surface area contributed by atoms with Gasteiger partial charge in [0.15, 0.2) is 0 Å². The lowest BCUT2D eigenvalue weighted by Crippen LogP contribution is -2.37. The Morgan fingerprint density at radius 3 is 1.92 bits per heavy atom. The van der Waals surface area contributed by atoms with Crippen molar-refractivity contribution in [1.29, 1.82) is 0 Å². The molecule has 2 aliphatic rings. The molecule has 2 fully saturated rings. The Hall–Kier alpha value is 0.250. The van der Waals surface area contributed by atoms with Crippen LogP contribution in [0.4, 0.5) is 0 Å². The molecule has 2 atom stereocenters. The third-order valence-electron chi connectivity index (χ3n) is 3.41. The van der Waals surface area contributed by atoms with Crippen LogP contribution in [-0.2, 0) is 0 Å². The summed E-state index contributed by atoms with van der Waals surface area (Å²) in [5.41, 5.74) is 5.97. The van der Waals surface area contributed by atoms with Crippen LogP contribution < -0.4 is 5.73 Å². The molecule has 0 spiro atoms. The van der Waals surface area contributed by atoms with E-state index in [1.54, 1.807) is 0 Å². The van der Waals surface area contributed by atoms with Crippen LogP contribution in [0.25, 0.3) is 0 Å². The van der Waals surface area contributed by atoms with Crippen LogP contribution in [0.5, 0.6) is 0 Å². The summed E-state index contributed by atoms with van der Waals surface area (Å²) in [4.78, 5) is 0. The van der Waals surface area contributed by atoms with Crippen LogP contribution in [-0.4, -0.2) is 6.04 Å². The smallest absolute Gasteiger partial charge is 0.00441 e. The molecule has 1 nitrogen and oxygen atoms in total. The van der Waals surface area contributed by atoms with Crippen LogP contribution in [0.2, 0.25) is 0 Å². The second-order valence-corrected chi connectivity index (χ2v) is 4.78. The highest BCUT2D eigenvalue weighted by Gasteiger charge is 2.32. The highest BCUT2D eigenvalue weighted by molar-refractivity contribution is 5.85. The van der Waals surface area contributed by atoms with Gasteiger partial charge >= 0.3 is 0 Å². The van der Waals surface area contributed by atoms with Gasteiger partial charge in [-0.25, -0.2) is 0 Å². The Balaban J connectivity index is 0.000000720. The van der Waals surface area contributed by atoms with Gasteiger partial charge in [0, 0.05) is 6.04 Å². The first-order valence-electron chi connectivity index (χ1n) is 4.99. The van der Waals surface area contributed by atoms with Crippen LogP contribution in [0.15, 0.2) is 0 Å². The Morgan fingerprint density at radius 1 is 0.917 bits per heavy atom. The van der Waals surface area contributed by atoms with E-state index < -0.39 is 0 Å². The molecule has 0 amide bonds. The molecule has 2 aliphatic carbocycles. The maximum absolute atomic E-state index is 5.97. The Bertz CT molecular complexity index is 115. The zero-order chi connectivity index (χ0) is 7.84. The van der Waals surface area contributed by atoms with Crippen molar-refractivity contribution < 1.29 is 0 Å². The van der Waals surface area contributed by atoms with Gasteiger partial charge in [-0.3, -0.25) is 0 Å². The third-order valence-corrected chi connectivity index (χ3v) is 3.41. The van der Waals surface area contributed by atoms with Crippen molar-refractivity contribution in [3.05, 3.63) is 0 Å². The molecule has 0 radical (unpaired) electrons. The minimum atomic E-state index is 0. The van der Waals surface area contributed by atoms with Crippen molar-refractivity contribution in [3.63, 3.8) is 0 Å². The summed E-state index contributed by atoms with van der Waals surface area (Å²) >= 11 is 0. The fourth-order valence-electron chi connectivity index (χ4n) is 3.24. The molecule has 2 heteroatoms. The van der Waals surface area contributed by atoms with Crippen molar-refractivity contribution in [2.24, 2.45) is 23.5 Å². The topological polar surface area (TPSA) is 26.0 Å². The molecule has 72 valence electrons. The van der Waals surface area contributed by atoms with Gasteiger partial charge in [-0.1, -0.05) is 6.92 Å². The quantitative estimate of drug-likeness (QED) is 0.623. The average Bonchev–Trinajstić information content (AvgIpc) is 1.82. The third kappa shape index (κ3) is 2.14. The first kappa shape index (κ1) is 10.3. The largest absolute Gasteiger partial charge is 0.328 e. The summed E-state index contributed by atoms with van der Waals surface area (Å²) in [6.07, 6.45) is 6.99. The summed E-state index contributed by atoms with van der Waals surface area (Å²) in [6, 6.07) is 0.534. The molecule has 0 saturated heterocycles. The second-order valence-electron chi connectivity index (χ2n) is 4.78. The zero-order valence-corrected chi connectivity index (χ0v) is 8.65. The molecule has 0 aliphatic heterocycles. The Kier molecular flexibility index (Phi) is 3.42. The Labute approximate surface area is 81.5 Å². The number of fused-ring (bicyclic) bond motifs is 2. The van der Waals surface area contributed by atoms with E-state index in [-0.39, 0.29) is 12.4 Å². The van der Waals surface area contributed by atoms with Gasteiger partial charge in [0.1, 0.15) is 0 Å². The van der Waals surface area contributed by atoms with Crippen molar-refractivity contribution in [1.82, 2.24) is 0 Å². The number of nitrogens with two attached hydrogens (primary N) is 1. The maximum atomic E-state index is 5.97. The molecule has 0 unspecified atom stereocenters. The van der Waals surface area contributed by atoms with Crippen LogP contribution in [0.3, 0.4) is 0 Å². The summed E-state index contributed by atoms with van der Waals surface area (Å²) in [6.45, 7) is 2.40. The van der Waals surface area contributed by atoms with E-state index in [2.05, 4.69) is 6.92 Å². The van der Waals surface area contributed by atoms with E-state index in [1.165, 1.54) is 32.1 Å². The minimum Gasteiger partial charge on any atom is -0.328 e. The van der Waals surface area contributed by atoms with Crippen LogP contribution in [0.1, 0.15) is 39.0 Å². The van der Waals surface area contributed by atoms with Crippen molar-refractivity contribution in [3.8, 4) is 0 Å². The SMILES string of the molecule is CC1C[C@@H]2CC(N)C[C@@H](C1)C2.Cl. The second kappa shape index (κ2) is 3.97. The molecule has 12 heavy (non-hydrogen) atoms. The molecule has 0 aromatic rings. The van der Waals surface area contributed by atoms with E-state index in [9.17, 15) is 0 Å². The molecule has 2 saturated carbocycles. The van der Waals surface area contributed by atoms with Crippen molar-refractivity contribution in [2.45, 2.75) is 45.1 Å². The first-order valence-corrected chi connectivity index (χ1v) is 4.99. The molecular formula is C10H20ClN. The molecule has 0 aromatic carbocycles. The first-order chi connectivity index (χ1) is 5.24. The summed E-state index contributed by atoms with van der Waals surface area (Å²) in [5.74, 6) is 2.94. The molecule has 2 rings (SSSR count). The average molecular weight is 190 g/mol. The number of rotatable bonds is 0.